The van der Waals surface area contributed by atoms with E-state index in [0.717, 1.165) is 12.2 Å². The van der Waals surface area contributed by atoms with E-state index < -0.39 is 10.0 Å². The second-order valence-corrected chi connectivity index (χ2v) is 8.51. The summed E-state index contributed by atoms with van der Waals surface area (Å²) in [5, 5.41) is 0. The summed E-state index contributed by atoms with van der Waals surface area (Å²) in [6, 6.07) is 9.76. The van der Waals surface area contributed by atoms with Crippen LogP contribution >= 0.6 is 0 Å². The standard InChI is InChI=1S/C18H21NO4S/c1-12-10-17(12)18-9-6-15(23-18)11-19(3)24(21,22)16-7-4-14(5-8-16)13(2)20/h4-9,12,17H,10-11H2,1-3H3/t12-,17-/m1/s1. The SMILES string of the molecule is CC(=O)c1ccc(S(=O)(=O)N(C)Cc2ccc([C@@H]3C[C@H]3C)o2)cc1. The molecule has 1 aromatic carbocycles. The molecule has 6 heteroatoms. The van der Waals surface area contributed by atoms with Crippen molar-refractivity contribution >= 4 is 15.8 Å². The lowest BCUT2D eigenvalue weighted by Gasteiger charge is -2.16. The first-order valence-corrected chi connectivity index (χ1v) is 9.39. The maximum atomic E-state index is 12.6. The van der Waals surface area contributed by atoms with Gasteiger partial charge in [-0.1, -0.05) is 19.1 Å². The number of ketones is 1. The summed E-state index contributed by atoms with van der Waals surface area (Å²) in [7, 11) is -2.10. The molecule has 0 saturated heterocycles. The number of rotatable bonds is 6. The van der Waals surface area contributed by atoms with Crippen molar-refractivity contribution in [2.75, 3.05) is 7.05 Å². The van der Waals surface area contributed by atoms with Gasteiger partial charge >= 0.3 is 0 Å². The Bertz CT molecular complexity index is 851. The van der Waals surface area contributed by atoms with Crippen molar-refractivity contribution in [3.63, 3.8) is 0 Å². The molecule has 0 N–H and O–H groups in total. The number of carbonyl (C=O) groups is 1. The molecule has 0 bridgehead atoms. The molecule has 1 aliphatic carbocycles. The molecule has 1 saturated carbocycles. The van der Waals surface area contributed by atoms with Crippen molar-refractivity contribution in [2.45, 2.75) is 37.6 Å². The topological polar surface area (TPSA) is 67.6 Å². The summed E-state index contributed by atoms with van der Waals surface area (Å²) in [6.45, 7) is 3.80. The van der Waals surface area contributed by atoms with Crippen LogP contribution in [-0.2, 0) is 16.6 Å². The number of Topliss-reactive ketones (excluding diaryl/α,β-unsaturated/α-hetero) is 1. The van der Waals surface area contributed by atoms with Gasteiger partial charge in [-0.15, -0.1) is 0 Å². The minimum absolute atomic E-state index is 0.0929. The zero-order chi connectivity index (χ0) is 17.5. The van der Waals surface area contributed by atoms with E-state index in [2.05, 4.69) is 6.92 Å². The highest BCUT2D eigenvalue weighted by molar-refractivity contribution is 7.89. The van der Waals surface area contributed by atoms with Crippen LogP contribution in [0.1, 0.15) is 48.1 Å². The number of carbonyl (C=O) groups excluding carboxylic acids is 1. The minimum Gasteiger partial charge on any atom is -0.464 e. The third-order valence-corrected chi connectivity index (χ3v) is 6.32. The zero-order valence-corrected chi connectivity index (χ0v) is 14.8. The number of sulfonamides is 1. The van der Waals surface area contributed by atoms with Gasteiger partial charge in [0.1, 0.15) is 11.5 Å². The molecule has 2 atom stereocenters. The average molecular weight is 347 g/mol. The largest absolute Gasteiger partial charge is 0.464 e. The van der Waals surface area contributed by atoms with E-state index in [-0.39, 0.29) is 17.2 Å². The van der Waals surface area contributed by atoms with E-state index in [1.54, 1.807) is 0 Å². The maximum absolute atomic E-state index is 12.6. The van der Waals surface area contributed by atoms with Gasteiger partial charge in [0.15, 0.2) is 5.78 Å². The molecule has 5 nitrogen and oxygen atoms in total. The summed E-state index contributed by atoms with van der Waals surface area (Å²) in [5.41, 5.74) is 0.492. The molecule has 0 unspecified atom stereocenters. The highest BCUT2D eigenvalue weighted by Crippen LogP contribution is 2.47. The van der Waals surface area contributed by atoms with Crippen LogP contribution < -0.4 is 0 Å². The van der Waals surface area contributed by atoms with Crippen molar-refractivity contribution in [2.24, 2.45) is 5.92 Å². The van der Waals surface area contributed by atoms with E-state index in [9.17, 15) is 13.2 Å². The van der Waals surface area contributed by atoms with Crippen LogP contribution in [0.25, 0.3) is 0 Å². The fraction of sp³-hybridized carbons (Fsp3) is 0.389. The first kappa shape index (κ1) is 16.9. The molecule has 1 fully saturated rings. The average Bonchev–Trinajstić information content (AvgIpc) is 3.09. The Morgan fingerprint density at radius 1 is 1.21 bits per heavy atom. The summed E-state index contributed by atoms with van der Waals surface area (Å²) in [6.07, 6.45) is 1.13. The summed E-state index contributed by atoms with van der Waals surface area (Å²) in [5.74, 6) is 2.60. The highest BCUT2D eigenvalue weighted by Gasteiger charge is 2.36. The third kappa shape index (κ3) is 3.30. The van der Waals surface area contributed by atoms with Gasteiger partial charge in [-0.25, -0.2) is 8.42 Å². The molecular formula is C18H21NO4S. The van der Waals surface area contributed by atoms with Crippen molar-refractivity contribution in [1.82, 2.24) is 4.31 Å². The second-order valence-electron chi connectivity index (χ2n) is 6.47. The summed E-state index contributed by atoms with van der Waals surface area (Å²) in [4.78, 5) is 11.5. The minimum atomic E-state index is -3.62. The second kappa shape index (κ2) is 6.18. The first-order valence-electron chi connectivity index (χ1n) is 7.95. The Hall–Kier alpha value is -1.92. The lowest BCUT2D eigenvalue weighted by atomic mass is 10.2. The van der Waals surface area contributed by atoms with Crippen LogP contribution in [0.3, 0.4) is 0 Å². The lowest BCUT2D eigenvalue weighted by Crippen LogP contribution is -2.26. The lowest BCUT2D eigenvalue weighted by molar-refractivity contribution is 0.101. The van der Waals surface area contributed by atoms with Gasteiger partial charge in [0, 0.05) is 18.5 Å². The summed E-state index contributed by atoms with van der Waals surface area (Å²) < 4.78 is 32.3. The molecule has 0 radical (unpaired) electrons. The molecule has 3 rings (SSSR count). The van der Waals surface area contributed by atoms with E-state index in [1.807, 2.05) is 12.1 Å². The normalized spacial score (nSPS) is 20.3. The van der Waals surface area contributed by atoms with Crippen molar-refractivity contribution < 1.29 is 17.6 Å². The van der Waals surface area contributed by atoms with Crippen molar-refractivity contribution in [3.8, 4) is 0 Å². The highest BCUT2D eigenvalue weighted by atomic mass is 32.2. The Kier molecular flexibility index (Phi) is 4.36. The van der Waals surface area contributed by atoms with Crippen LogP contribution in [0.15, 0.2) is 45.7 Å². The Morgan fingerprint density at radius 3 is 2.38 bits per heavy atom. The maximum Gasteiger partial charge on any atom is 0.243 e. The van der Waals surface area contributed by atoms with E-state index in [0.29, 0.717) is 23.2 Å². The van der Waals surface area contributed by atoms with Gasteiger partial charge in [-0.05, 0) is 43.5 Å². The van der Waals surface area contributed by atoms with Crippen molar-refractivity contribution in [1.29, 1.82) is 0 Å². The van der Waals surface area contributed by atoms with Crippen LogP contribution in [-0.4, -0.2) is 25.6 Å². The fourth-order valence-electron chi connectivity index (χ4n) is 2.74. The molecular weight excluding hydrogens is 326 g/mol. The van der Waals surface area contributed by atoms with E-state index >= 15 is 0 Å². The summed E-state index contributed by atoms with van der Waals surface area (Å²) >= 11 is 0. The van der Waals surface area contributed by atoms with Gasteiger partial charge < -0.3 is 4.42 Å². The molecule has 24 heavy (non-hydrogen) atoms. The quantitative estimate of drug-likeness (QED) is 0.751. The monoisotopic (exact) mass is 347 g/mol. The predicted octanol–water partition coefficient (Wildman–Crippen LogP) is 3.43. The molecule has 1 aliphatic rings. The van der Waals surface area contributed by atoms with Gasteiger partial charge in [-0.2, -0.15) is 4.31 Å². The van der Waals surface area contributed by atoms with Crippen LogP contribution in [0.4, 0.5) is 0 Å². The smallest absolute Gasteiger partial charge is 0.243 e. The predicted molar refractivity (Wildman–Crippen MR) is 90.3 cm³/mol. The van der Waals surface area contributed by atoms with Gasteiger partial charge in [0.2, 0.25) is 10.0 Å². The molecule has 1 aromatic heterocycles. The number of hydrogen-bond acceptors (Lipinski definition) is 4. The molecule has 1 heterocycles. The fourth-order valence-corrected chi connectivity index (χ4v) is 3.88. The van der Waals surface area contributed by atoms with Crippen LogP contribution in [0.5, 0.6) is 0 Å². The van der Waals surface area contributed by atoms with E-state index in [1.165, 1.54) is 42.5 Å². The van der Waals surface area contributed by atoms with Crippen molar-refractivity contribution in [3.05, 3.63) is 53.5 Å². The third-order valence-electron chi connectivity index (χ3n) is 4.50. The van der Waals surface area contributed by atoms with Gasteiger partial charge in [0.05, 0.1) is 11.4 Å². The number of furan rings is 1. The van der Waals surface area contributed by atoms with Gasteiger partial charge in [0.25, 0.3) is 0 Å². The van der Waals surface area contributed by atoms with Crippen LogP contribution in [0.2, 0.25) is 0 Å². The molecule has 128 valence electrons. The zero-order valence-electron chi connectivity index (χ0n) is 14.0. The molecule has 2 aromatic rings. The van der Waals surface area contributed by atoms with E-state index in [4.69, 9.17) is 4.42 Å². The first-order chi connectivity index (χ1) is 11.3. The molecule has 0 aliphatic heterocycles. The Labute approximate surface area is 142 Å². The number of hydrogen-bond donors (Lipinski definition) is 0. The van der Waals surface area contributed by atoms with Gasteiger partial charge in [-0.3, -0.25) is 4.79 Å². The molecule has 0 amide bonds. The number of benzene rings is 1. The Balaban J connectivity index is 1.74. The van der Waals surface area contributed by atoms with Crippen LogP contribution in [0, 0.1) is 5.92 Å². The Morgan fingerprint density at radius 2 is 1.83 bits per heavy atom. The molecule has 0 spiro atoms. The number of nitrogens with zero attached hydrogens (tertiary/aromatic N) is 1.